The number of aromatic nitrogens is 4. The maximum atomic E-state index is 13.8. The number of nitriles is 1. The minimum atomic E-state index is -3.08. The van der Waals surface area contributed by atoms with Gasteiger partial charge in [0.2, 0.25) is 11.7 Å². The zero-order chi connectivity index (χ0) is 30.3. The SMILES string of the molecule is CCn1c2c(C(=O)Nc3cccc(C(N)=O)c3)nc(C(F)F)cc2c(=O)n1-c1ccc(-c2c(C#N)on(C)c2=O)cc1. The summed E-state index contributed by atoms with van der Waals surface area (Å²) in [5, 5.41) is 11.7. The Kier molecular flexibility index (Phi) is 7.01. The Morgan fingerprint density at radius 1 is 1.12 bits per heavy atom. The average molecular weight is 574 g/mol. The van der Waals surface area contributed by atoms with Gasteiger partial charge in [-0.05, 0) is 48.9 Å². The lowest BCUT2D eigenvalue weighted by Gasteiger charge is -2.13. The van der Waals surface area contributed by atoms with E-state index in [0.29, 0.717) is 11.3 Å². The van der Waals surface area contributed by atoms with Gasteiger partial charge in [0.15, 0.2) is 5.69 Å². The van der Waals surface area contributed by atoms with Crippen molar-refractivity contribution >= 4 is 28.4 Å². The van der Waals surface area contributed by atoms with E-state index in [1.54, 1.807) is 6.92 Å². The number of nitrogens with one attached hydrogen (secondary N) is 1. The summed E-state index contributed by atoms with van der Waals surface area (Å²) in [5.41, 5.74) is 3.87. The maximum absolute atomic E-state index is 13.8. The highest BCUT2D eigenvalue weighted by molar-refractivity contribution is 6.11. The van der Waals surface area contributed by atoms with Gasteiger partial charge in [0, 0.05) is 24.8 Å². The summed E-state index contributed by atoms with van der Waals surface area (Å²) in [5.74, 6) is -1.80. The van der Waals surface area contributed by atoms with E-state index in [-0.39, 0.29) is 40.0 Å². The number of halogens is 2. The van der Waals surface area contributed by atoms with E-state index >= 15 is 0 Å². The third-order valence-corrected chi connectivity index (χ3v) is 6.54. The standard InChI is InChI=1S/C28H21F2N7O5/c1-3-36-23-18(12-19(24(29)30)34-22(23)26(39)33-16-6-4-5-15(11-16)25(32)38)27(40)37(36)17-9-7-14(8-10-17)21-20(13-31)42-35(2)28(21)41/h4-12,24H,3H2,1-2H3,(H2,32,38)(H,33,39). The molecule has 12 nitrogen and oxygen atoms in total. The van der Waals surface area contributed by atoms with Crippen molar-refractivity contribution in [2.24, 2.45) is 12.8 Å². The highest BCUT2D eigenvalue weighted by Gasteiger charge is 2.26. The zero-order valence-electron chi connectivity index (χ0n) is 22.1. The third kappa shape index (κ3) is 4.62. The van der Waals surface area contributed by atoms with Crippen molar-refractivity contribution in [3.63, 3.8) is 0 Å². The van der Waals surface area contributed by atoms with Crippen molar-refractivity contribution in [1.82, 2.24) is 19.1 Å². The van der Waals surface area contributed by atoms with Crippen LogP contribution in [0, 0.1) is 11.3 Å². The summed E-state index contributed by atoms with van der Waals surface area (Å²) in [6.45, 7) is 1.83. The topological polar surface area (TPSA) is 171 Å². The lowest BCUT2D eigenvalue weighted by molar-refractivity contribution is 0.0995. The zero-order valence-corrected chi connectivity index (χ0v) is 22.1. The predicted molar refractivity (Wildman–Crippen MR) is 147 cm³/mol. The van der Waals surface area contributed by atoms with Crippen LogP contribution in [0.4, 0.5) is 14.5 Å². The molecule has 0 fully saturated rings. The van der Waals surface area contributed by atoms with Crippen LogP contribution in [0.2, 0.25) is 0 Å². The van der Waals surface area contributed by atoms with Crippen molar-refractivity contribution in [3.05, 3.63) is 98.0 Å². The monoisotopic (exact) mass is 573 g/mol. The number of carbonyl (C=O) groups excluding carboxylic acids is 2. The number of nitrogens with zero attached hydrogens (tertiary/aromatic N) is 5. The lowest BCUT2D eigenvalue weighted by atomic mass is 10.1. The number of hydrogen-bond acceptors (Lipinski definition) is 7. The molecule has 2 amide bonds. The smallest absolute Gasteiger partial charge is 0.291 e. The first kappa shape index (κ1) is 27.7. The summed E-state index contributed by atoms with van der Waals surface area (Å²) >= 11 is 0. The Hall–Kier alpha value is -5.84. The second-order valence-electron chi connectivity index (χ2n) is 9.08. The average Bonchev–Trinajstić information content (AvgIpc) is 3.44. The van der Waals surface area contributed by atoms with E-state index < -0.39 is 40.7 Å². The van der Waals surface area contributed by atoms with Gasteiger partial charge in [-0.15, -0.1) is 0 Å². The number of nitrogens with two attached hydrogens (primary N) is 1. The summed E-state index contributed by atoms with van der Waals surface area (Å²) in [7, 11) is 1.37. The second kappa shape index (κ2) is 10.6. The highest BCUT2D eigenvalue weighted by Crippen LogP contribution is 2.27. The molecule has 0 saturated carbocycles. The van der Waals surface area contributed by atoms with Gasteiger partial charge in [-0.2, -0.15) is 10.0 Å². The number of alkyl halides is 2. The van der Waals surface area contributed by atoms with E-state index in [1.807, 2.05) is 6.07 Å². The second-order valence-corrected chi connectivity index (χ2v) is 9.08. The largest absolute Gasteiger partial charge is 0.366 e. The molecule has 5 aromatic rings. The van der Waals surface area contributed by atoms with Crippen LogP contribution in [-0.2, 0) is 13.6 Å². The van der Waals surface area contributed by atoms with Crippen LogP contribution in [0.5, 0.6) is 0 Å². The highest BCUT2D eigenvalue weighted by atomic mass is 19.3. The van der Waals surface area contributed by atoms with Gasteiger partial charge < -0.3 is 15.6 Å². The quantitative estimate of drug-likeness (QED) is 0.301. The fourth-order valence-corrected chi connectivity index (χ4v) is 4.65. The molecule has 3 heterocycles. The Bertz CT molecular complexity index is 2050. The molecule has 0 aliphatic carbocycles. The van der Waals surface area contributed by atoms with Crippen molar-refractivity contribution < 1.29 is 22.9 Å². The first-order chi connectivity index (χ1) is 20.0. The first-order valence-corrected chi connectivity index (χ1v) is 12.4. The fourth-order valence-electron chi connectivity index (χ4n) is 4.65. The number of fused-ring (bicyclic) bond motifs is 1. The minimum absolute atomic E-state index is 0.00926. The lowest BCUT2D eigenvalue weighted by Crippen LogP contribution is -2.21. The van der Waals surface area contributed by atoms with E-state index in [0.717, 1.165) is 10.8 Å². The Labute approximate surface area is 234 Å². The van der Waals surface area contributed by atoms with E-state index in [2.05, 4.69) is 10.3 Å². The molecule has 14 heteroatoms. The van der Waals surface area contributed by atoms with E-state index in [1.165, 1.54) is 64.9 Å². The maximum Gasteiger partial charge on any atom is 0.291 e. The van der Waals surface area contributed by atoms with E-state index in [9.17, 15) is 33.2 Å². The van der Waals surface area contributed by atoms with Crippen molar-refractivity contribution in [2.75, 3.05) is 5.32 Å². The number of benzene rings is 2. The summed E-state index contributed by atoms with van der Waals surface area (Å²) in [6, 6.07) is 14.5. The molecule has 212 valence electrons. The van der Waals surface area contributed by atoms with Gasteiger partial charge in [0.25, 0.3) is 23.5 Å². The molecule has 2 aromatic carbocycles. The minimum Gasteiger partial charge on any atom is -0.366 e. The fraction of sp³-hybridized carbons (Fsp3) is 0.143. The van der Waals surface area contributed by atoms with Crippen molar-refractivity contribution in [1.29, 1.82) is 5.26 Å². The molecule has 0 atom stereocenters. The molecule has 0 radical (unpaired) electrons. The molecular formula is C28H21F2N7O5. The predicted octanol–water partition coefficient (Wildman–Crippen LogP) is 3.33. The van der Waals surface area contributed by atoms with Gasteiger partial charge in [-0.1, -0.05) is 18.2 Å². The van der Waals surface area contributed by atoms with Gasteiger partial charge in [-0.25, -0.2) is 18.4 Å². The third-order valence-electron chi connectivity index (χ3n) is 6.54. The number of rotatable bonds is 7. The molecule has 0 saturated heterocycles. The Morgan fingerprint density at radius 3 is 2.45 bits per heavy atom. The van der Waals surface area contributed by atoms with Crippen LogP contribution in [0.1, 0.15) is 45.6 Å². The van der Waals surface area contributed by atoms with Gasteiger partial charge in [-0.3, -0.25) is 23.9 Å². The molecule has 0 aliphatic rings. The Balaban J connectivity index is 1.66. The van der Waals surface area contributed by atoms with Crippen LogP contribution in [0.3, 0.4) is 0 Å². The number of aryl methyl sites for hydroxylation is 2. The number of hydrogen-bond donors (Lipinski definition) is 2. The van der Waals surface area contributed by atoms with Gasteiger partial charge in [0.1, 0.15) is 22.8 Å². The van der Waals surface area contributed by atoms with Crippen LogP contribution in [0.15, 0.2) is 68.7 Å². The van der Waals surface area contributed by atoms with Gasteiger partial charge in [0.05, 0.1) is 11.1 Å². The number of pyridine rings is 1. The molecule has 0 unspecified atom stereocenters. The molecule has 5 rings (SSSR count). The summed E-state index contributed by atoms with van der Waals surface area (Å²) < 4.78 is 36.4. The summed E-state index contributed by atoms with van der Waals surface area (Å²) in [6.07, 6.45) is -3.08. The molecule has 42 heavy (non-hydrogen) atoms. The Morgan fingerprint density at radius 2 is 1.83 bits per heavy atom. The number of anilines is 1. The molecule has 0 spiro atoms. The van der Waals surface area contributed by atoms with Crippen molar-refractivity contribution in [2.45, 2.75) is 19.9 Å². The normalized spacial score (nSPS) is 11.1. The first-order valence-electron chi connectivity index (χ1n) is 12.4. The van der Waals surface area contributed by atoms with Crippen LogP contribution in [0.25, 0.3) is 27.7 Å². The van der Waals surface area contributed by atoms with E-state index in [4.69, 9.17) is 10.3 Å². The molecule has 3 aromatic heterocycles. The number of amides is 2. The molecule has 3 N–H and O–H groups in total. The van der Waals surface area contributed by atoms with Crippen LogP contribution >= 0.6 is 0 Å². The molecule has 0 bridgehead atoms. The van der Waals surface area contributed by atoms with Gasteiger partial charge >= 0.3 is 0 Å². The number of primary amides is 1. The van der Waals surface area contributed by atoms with Crippen molar-refractivity contribution in [3.8, 4) is 22.9 Å². The van der Waals surface area contributed by atoms with Crippen LogP contribution in [-0.4, -0.2) is 30.9 Å². The number of carbonyl (C=O) groups is 2. The molecular weight excluding hydrogens is 552 g/mol. The van der Waals surface area contributed by atoms with Crippen LogP contribution < -0.4 is 22.2 Å². The molecule has 0 aliphatic heterocycles. The summed E-state index contributed by atoms with van der Waals surface area (Å²) in [4.78, 5) is 54.9.